The second-order valence-corrected chi connectivity index (χ2v) is 6.02. The standard InChI is InChI=1S/C17H20N2O3S/c1-2-22-14-7-5-12(6-8-14)10-13(16(18)20)11-19-17(21)15-4-3-9-23-15/h3-9,13H,2,10-11H2,1H3,(H2,18,20)(H,19,21)/t13-/m1/s1. The van der Waals surface area contributed by atoms with Crippen LogP contribution in [-0.2, 0) is 11.2 Å². The van der Waals surface area contributed by atoms with Gasteiger partial charge in [0.15, 0.2) is 0 Å². The predicted octanol–water partition coefficient (Wildman–Crippen LogP) is 2.22. The minimum absolute atomic E-state index is 0.182. The fourth-order valence-corrected chi connectivity index (χ4v) is 2.80. The van der Waals surface area contributed by atoms with Gasteiger partial charge in [-0.3, -0.25) is 9.59 Å². The van der Waals surface area contributed by atoms with E-state index in [1.807, 2.05) is 42.6 Å². The van der Waals surface area contributed by atoms with E-state index >= 15 is 0 Å². The Morgan fingerprint density at radius 3 is 2.57 bits per heavy atom. The largest absolute Gasteiger partial charge is 0.494 e. The van der Waals surface area contributed by atoms with E-state index in [4.69, 9.17) is 10.5 Å². The van der Waals surface area contributed by atoms with Gasteiger partial charge in [0.25, 0.3) is 5.91 Å². The van der Waals surface area contributed by atoms with E-state index < -0.39 is 11.8 Å². The SMILES string of the molecule is CCOc1ccc(C[C@H](CNC(=O)c2cccs2)C(N)=O)cc1. The maximum absolute atomic E-state index is 11.9. The van der Waals surface area contributed by atoms with Gasteiger partial charge in [0.05, 0.1) is 17.4 Å². The van der Waals surface area contributed by atoms with Gasteiger partial charge in [0.2, 0.25) is 5.91 Å². The minimum atomic E-state index is -0.447. The van der Waals surface area contributed by atoms with Gasteiger partial charge in [-0.05, 0) is 42.5 Å². The zero-order chi connectivity index (χ0) is 16.7. The normalized spacial score (nSPS) is 11.7. The Kier molecular flexibility index (Phi) is 6.17. The summed E-state index contributed by atoms with van der Waals surface area (Å²) in [4.78, 5) is 24.2. The maximum atomic E-state index is 11.9. The monoisotopic (exact) mass is 332 g/mol. The lowest BCUT2D eigenvalue weighted by molar-refractivity contribution is -0.121. The van der Waals surface area contributed by atoms with Crippen LogP contribution in [0.15, 0.2) is 41.8 Å². The molecule has 0 spiro atoms. The number of rotatable bonds is 8. The number of ether oxygens (including phenoxy) is 1. The fraction of sp³-hybridized carbons (Fsp3) is 0.294. The number of thiophene rings is 1. The summed E-state index contributed by atoms with van der Waals surface area (Å²) in [6.45, 7) is 2.75. The number of hydrogen-bond donors (Lipinski definition) is 2. The first kappa shape index (κ1) is 17.0. The van der Waals surface area contributed by atoms with E-state index in [1.54, 1.807) is 6.07 Å². The molecule has 0 saturated carbocycles. The summed E-state index contributed by atoms with van der Waals surface area (Å²) in [7, 11) is 0. The molecule has 0 aliphatic carbocycles. The Morgan fingerprint density at radius 2 is 2.00 bits per heavy atom. The number of amides is 2. The quantitative estimate of drug-likeness (QED) is 0.778. The highest BCUT2D eigenvalue weighted by molar-refractivity contribution is 7.12. The molecule has 0 bridgehead atoms. The Bertz CT molecular complexity index is 638. The van der Waals surface area contributed by atoms with Crippen LogP contribution in [0.4, 0.5) is 0 Å². The van der Waals surface area contributed by atoms with Gasteiger partial charge in [-0.1, -0.05) is 18.2 Å². The molecule has 6 heteroatoms. The fourth-order valence-electron chi connectivity index (χ4n) is 2.16. The summed E-state index contributed by atoms with van der Waals surface area (Å²) < 4.78 is 5.39. The van der Waals surface area contributed by atoms with Crippen LogP contribution in [0.2, 0.25) is 0 Å². The molecule has 122 valence electrons. The van der Waals surface area contributed by atoms with Crippen molar-refractivity contribution >= 4 is 23.2 Å². The van der Waals surface area contributed by atoms with E-state index in [1.165, 1.54) is 11.3 Å². The Labute approximate surface area is 139 Å². The molecule has 2 rings (SSSR count). The summed E-state index contributed by atoms with van der Waals surface area (Å²) >= 11 is 1.36. The Hall–Kier alpha value is -2.34. The van der Waals surface area contributed by atoms with Crippen LogP contribution in [-0.4, -0.2) is 25.0 Å². The number of primary amides is 1. The highest BCUT2D eigenvalue weighted by Crippen LogP contribution is 2.15. The van der Waals surface area contributed by atoms with Crippen molar-refractivity contribution in [1.82, 2.24) is 5.32 Å². The third-order valence-electron chi connectivity index (χ3n) is 3.37. The smallest absolute Gasteiger partial charge is 0.261 e. The number of carbonyl (C=O) groups is 2. The maximum Gasteiger partial charge on any atom is 0.261 e. The van der Waals surface area contributed by atoms with Crippen LogP contribution in [0.5, 0.6) is 5.75 Å². The molecule has 0 radical (unpaired) electrons. The average molecular weight is 332 g/mol. The molecule has 1 atom stereocenters. The molecule has 1 heterocycles. The number of nitrogens with one attached hydrogen (secondary N) is 1. The molecule has 0 fully saturated rings. The molecule has 0 saturated heterocycles. The van der Waals surface area contributed by atoms with E-state index in [-0.39, 0.29) is 12.5 Å². The Morgan fingerprint density at radius 1 is 1.26 bits per heavy atom. The van der Waals surface area contributed by atoms with Crippen molar-refractivity contribution in [2.24, 2.45) is 11.7 Å². The van der Waals surface area contributed by atoms with Crippen molar-refractivity contribution < 1.29 is 14.3 Å². The van der Waals surface area contributed by atoms with Crippen LogP contribution in [0, 0.1) is 5.92 Å². The lowest BCUT2D eigenvalue weighted by Crippen LogP contribution is -2.37. The van der Waals surface area contributed by atoms with Gasteiger partial charge in [-0.15, -0.1) is 11.3 Å². The van der Waals surface area contributed by atoms with Crippen LogP contribution < -0.4 is 15.8 Å². The van der Waals surface area contributed by atoms with Crippen LogP contribution in [0.25, 0.3) is 0 Å². The third-order valence-corrected chi connectivity index (χ3v) is 4.24. The molecule has 3 N–H and O–H groups in total. The molecule has 0 unspecified atom stereocenters. The second-order valence-electron chi connectivity index (χ2n) is 5.07. The molecule has 1 aromatic heterocycles. The van der Waals surface area contributed by atoms with Crippen molar-refractivity contribution in [2.45, 2.75) is 13.3 Å². The molecule has 2 amide bonds. The van der Waals surface area contributed by atoms with Gasteiger partial charge in [-0.2, -0.15) is 0 Å². The summed E-state index contributed by atoms with van der Waals surface area (Å²) in [6, 6.07) is 11.1. The number of hydrogen-bond acceptors (Lipinski definition) is 4. The third kappa shape index (κ3) is 5.10. The molecule has 5 nitrogen and oxygen atoms in total. The number of nitrogens with two attached hydrogens (primary N) is 1. The summed E-state index contributed by atoms with van der Waals surface area (Å²) in [5.74, 6) is -0.266. The van der Waals surface area contributed by atoms with Crippen LogP contribution >= 0.6 is 11.3 Å². The number of benzene rings is 1. The molecule has 1 aromatic carbocycles. The molecule has 23 heavy (non-hydrogen) atoms. The first-order valence-corrected chi connectivity index (χ1v) is 8.31. The molecule has 0 aliphatic heterocycles. The van der Waals surface area contributed by atoms with Crippen molar-refractivity contribution in [3.8, 4) is 5.75 Å². The Balaban J connectivity index is 1.93. The molecular weight excluding hydrogens is 312 g/mol. The van der Waals surface area contributed by atoms with Gasteiger partial charge >= 0.3 is 0 Å². The summed E-state index contributed by atoms with van der Waals surface area (Å²) in [5, 5.41) is 4.60. The zero-order valence-corrected chi connectivity index (χ0v) is 13.8. The highest BCUT2D eigenvalue weighted by atomic mass is 32.1. The van der Waals surface area contributed by atoms with Gasteiger partial charge < -0.3 is 15.8 Å². The zero-order valence-electron chi connectivity index (χ0n) is 13.0. The lowest BCUT2D eigenvalue weighted by atomic mass is 9.98. The molecule has 0 aliphatic rings. The van der Waals surface area contributed by atoms with E-state index in [2.05, 4.69) is 5.32 Å². The first-order chi connectivity index (χ1) is 11.1. The minimum Gasteiger partial charge on any atom is -0.494 e. The van der Waals surface area contributed by atoms with Gasteiger partial charge in [0.1, 0.15) is 5.75 Å². The van der Waals surface area contributed by atoms with Crippen molar-refractivity contribution in [2.75, 3.05) is 13.2 Å². The topological polar surface area (TPSA) is 81.4 Å². The van der Waals surface area contributed by atoms with Gasteiger partial charge in [-0.25, -0.2) is 0 Å². The summed E-state index contributed by atoms with van der Waals surface area (Å²) in [5.41, 5.74) is 6.43. The predicted molar refractivity (Wildman–Crippen MR) is 90.7 cm³/mol. The van der Waals surface area contributed by atoms with E-state index in [9.17, 15) is 9.59 Å². The molecular formula is C17H20N2O3S. The lowest BCUT2D eigenvalue weighted by Gasteiger charge is -2.14. The van der Waals surface area contributed by atoms with Crippen molar-refractivity contribution in [1.29, 1.82) is 0 Å². The second kappa shape index (κ2) is 8.33. The average Bonchev–Trinajstić information content (AvgIpc) is 3.07. The van der Waals surface area contributed by atoms with Crippen LogP contribution in [0.3, 0.4) is 0 Å². The van der Waals surface area contributed by atoms with E-state index in [0.717, 1.165) is 11.3 Å². The van der Waals surface area contributed by atoms with Crippen molar-refractivity contribution in [3.05, 3.63) is 52.2 Å². The van der Waals surface area contributed by atoms with Crippen molar-refractivity contribution in [3.63, 3.8) is 0 Å². The summed E-state index contributed by atoms with van der Waals surface area (Å²) in [6.07, 6.45) is 0.479. The first-order valence-electron chi connectivity index (χ1n) is 7.43. The van der Waals surface area contributed by atoms with Crippen LogP contribution in [0.1, 0.15) is 22.2 Å². The number of carbonyl (C=O) groups excluding carboxylic acids is 2. The molecule has 2 aromatic rings. The highest BCUT2D eigenvalue weighted by Gasteiger charge is 2.18. The van der Waals surface area contributed by atoms with Gasteiger partial charge in [0, 0.05) is 6.54 Å². The van der Waals surface area contributed by atoms with E-state index in [0.29, 0.717) is 17.9 Å².